The zero-order valence-electron chi connectivity index (χ0n) is 16.3. The Hall–Kier alpha value is -1.89. The van der Waals surface area contributed by atoms with E-state index in [-0.39, 0.29) is 6.61 Å². The van der Waals surface area contributed by atoms with Gasteiger partial charge in [0.25, 0.3) is 0 Å². The summed E-state index contributed by atoms with van der Waals surface area (Å²) in [5.41, 5.74) is 1.90. The van der Waals surface area contributed by atoms with Gasteiger partial charge in [0.2, 0.25) is 0 Å². The van der Waals surface area contributed by atoms with E-state index >= 15 is 0 Å². The third kappa shape index (κ3) is 4.51. The third-order valence-electron chi connectivity index (χ3n) is 5.67. The fraction of sp³-hybridized carbons (Fsp3) is 0.571. The summed E-state index contributed by atoms with van der Waals surface area (Å²) >= 11 is 0. The van der Waals surface area contributed by atoms with Crippen molar-refractivity contribution >= 4 is 0 Å². The Labute approximate surface area is 161 Å². The van der Waals surface area contributed by atoms with E-state index in [1.165, 1.54) is 5.56 Å². The lowest BCUT2D eigenvalue weighted by molar-refractivity contribution is -0.0819. The molecule has 2 aromatic rings. The first-order chi connectivity index (χ1) is 13.1. The molecule has 2 atom stereocenters. The molecule has 2 heterocycles. The monoisotopic (exact) mass is 373 g/mol. The molecule has 1 aromatic carbocycles. The number of hydrogen-bond acceptors (Lipinski definition) is 5. The van der Waals surface area contributed by atoms with Crippen molar-refractivity contribution in [3.05, 3.63) is 47.8 Å². The Bertz CT molecular complexity index is 719. The highest BCUT2D eigenvalue weighted by Crippen LogP contribution is 2.35. The lowest BCUT2D eigenvalue weighted by atomic mass is 9.74. The molecule has 0 unspecified atom stereocenters. The summed E-state index contributed by atoms with van der Waals surface area (Å²) in [4.78, 5) is 2.35. The van der Waals surface area contributed by atoms with Gasteiger partial charge in [0.1, 0.15) is 5.75 Å². The number of likely N-dealkylation sites (tertiary alicyclic amines) is 1. The maximum Gasteiger partial charge on any atom is 0.123 e. The molecule has 27 heavy (non-hydrogen) atoms. The van der Waals surface area contributed by atoms with E-state index in [4.69, 9.17) is 4.74 Å². The van der Waals surface area contributed by atoms with Gasteiger partial charge in [-0.15, -0.1) is 0 Å². The average molecular weight is 373 g/mol. The van der Waals surface area contributed by atoms with Gasteiger partial charge in [-0.25, -0.2) is 0 Å². The summed E-state index contributed by atoms with van der Waals surface area (Å²) in [6, 6.07) is 8.19. The second-order valence-corrected chi connectivity index (χ2v) is 7.64. The van der Waals surface area contributed by atoms with Crippen molar-refractivity contribution in [3.63, 3.8) is 0 Å². The number of ether oxygens (including phenoxy) is 1. The second-order valence-electron chi connectivity index (χ2n) is 7.64. The first-order valence-electron chi connectivity index (χ1n) is 9.74. The van der Waals surface area contributed by atoms with E-state index in [0.717, 1.165) is 43.8 Å². The number of rotatable bonds is 8. The zero-order valence-corrected chi connectivity index (χ0v) is 16.3. The van der Waals surface area contributed by atoms with Gasteiger partial charge in [0, 0.05) is 43.0 Å². The number of aliphatic hydroxyl groups is 2. The van der Waals surface area contributed by atoms with Gasteiger partial charge < -0.3 is 14.9 Å². The number of aromatic nitrogens is 2. The first kappa shape index (κ1) is 19.9. The molecule has 6 heteroatoms. The SMILES string of the molecule is CCC[C@@]1(CO)CN(Cc2ccc(OC)c(Cn3cccn3)c2)CC[C@H]1O. The van der Waals surface area contributed by atoms with Gasteiger partial charge in [-0.05, 0) is 36.6 Å². The molecule has 2 N–H and O–H groups in total. The normalized spacial score (nSPS) is 23.5. The third-order valence-corrected chi connectivity index (χ3v) is 5.67. The van der Waals surface area contributed by atoms with E-state index in [1.54, 1.807) is 13.3 Å². The van der Waals surface area contributed by atoms with Crippen LogP contribution in [0.25, 0.3) is 0 Å². The minimum absolute atomic E-state index is 0.0334. The van der Waals surface area contributed by atoms with Gasteiger partial charge in [0.15, 0.2) is 0 Å². The molecule has 0 radical (unpaired) electrons. The number of hydrogen-bond donors (Lipinski definition) is 2. The lowest BCUT2D eigenvalue weighted by Gasteiger charge is -2.45. The lowest BCUT2D eigenvalue weighted by Crippen LogP contribution is -2.53. The van der Waals surface area contributed by atoms with Crippen molar-refractivity contribution < 1.29 is 14.9 Å². The van der Waals surface area contributed by atoms with Crippen molar-refractivity contribution in [1.82, 2.24) is 14.7 Å². The Morgan fingerprint density at radius 2 is 2.19 bits per heavy atom. The van der Waals surface area contributed by atoms with E-state index in [2.05, 4.69) is 29.1 Å². The molecule has 3 rings (SSSR count). The standard InChI is InChI=1S/C21H31N3O3/c1-3-8-21(16-25)15-23(11-7-20(21)26)13-17-5-6-19(27-2)18(12-17)14-24-10-4-9-22-24/h4-6,9-10,12,20,25-26H,3,7-8,11,13-16H2,1-2H3/t20-,21+/m1/s1. The predicted molar refractivity (Wildman–Crippen MR) is 105 cm³/mol. The summed E-state index contributed by atoms with van der Waals surface area (Å²) in [5, 5.41) is 24.7. The van der Waals surface area contributed by atoms with Crippen molar-refractivity contribution in [1.29, 1.82) is 0 Å². The summed E-state index contributed by atoms with van der Waals surface area (Å²) < 4.78 is 7.40. The molecule has 0 aliphatic carbocycles. The molecule has 1 aromatic heterocycles. The highest BCUT2D eigenvalue weighted by molar-refractivity contribution is 5.37. The predicted octanol–water partition coefficient (Wildman–Crippen LogP) is 2.29. The first-order valence-corrected chi connectivity index (χ1v) is 9.74. The Morgan fingerprint density at radius 1 is 1.33 bits per heavy atom. The van der Waals surface area contributed by atoms with Crippen molar-refractivity contribution in [2.45, 2.75) is 45.4 Å². The summed E-state index contributed by atoms with van der Waals surface area (Å²) in [6.07, 6.45) is 5.80. The fourth-order valence-corrected chi connectivity index (χ4v) is 4.23. The number of nitrogens with zero attached hydrogens (tertiary/aromatic N) is 3. The molecule has 0 spiro atoms. The smallest absolute Gasteiger partial charge is 0.123 e. The van der Waals surface area contributed by atoms with Crippen LogP contribution in [-0.4, -0.2) is 57.8 Å². The Morgan fingerprint density at radius 3 is 2.85 bits per heavy atom. The van der Waals surface area contributed by atoms with Crippen LogP contribution in [0.5, 0.6) is 5.75 Å². The number of methoxy groups -OCH3 is 1. The van der Waals surface area contributed by atoms with Crippen LogP contribution in [0.1, 0.15) is 37.3 Å². The molecule has 148 valence electrons. The van der Waals surface area contributed by atoms with Gasteiger partial charge in [-0.2, -0.15) is 5.10 Å². The fourth-order valence-electron chi connectivity index (χ4n) is 4.23. The summed E-state index contributed by atoms with van der Waals surface area (Å²) in [6.45, 7) is 5.17. The molecular formula is C21H31N3O3. The quantitative estimate of drug-likeness (QED) is 0.743. The van der Waals surface area contributed by atoms with E-state index in [0.29, 0.717) is 13.0 Å². The molecular weight excluding hydrogens is 342 g/mol. The maximum atomic E-state index is 10.5. The zero-order chi connectivity index (χ0) is 19.3. The Kier molecular flexibility index (Phi) is 6.52. The van der Waals surface area contributed by atoms with Gasteiger partial charge in [-0.1, -0.05) is 19.4 Å². The van der Waals surface area contributed by atoms with Crippen LogP contribution in [0.15, 0.2) is 36.7 Å². The summed E-state index contributed by atoms with van der Waals surface area (Å²) in [7, 11) is 1.69. The van der Waals surface area contributed by atoms with Crippen LogP contribution in [0.2, 0.25) is 0 Å². The molecule has 1 saturated heterocycles. The van der Waals surface area contributed by atoms with Gasteiger partial charge in [-0.3, -0.25) is 9.58 Å². The molecule has 1 aliphatic heterocycles. The maximum absolute atomic E-state index is 10.5. The van der Waals surface area contributed by atoms with E-state index in [1.807, 2.05) is 23.0 Å². The Balaban J connectivity index is 1.75. The largest absolute Gasteiger partial charge is 0.496 e. The highest BCUT2D eigenvalue weighted by atomic mass is 16.5. The van der Waals surface area contributed by atoms with Gasteiger partial charge in [0.05, 0.1) is 26.4 Å². The molecule has 0 saturated carbocycles. The van der Waals surface area contributed by atoms with Crippen LogP contribution in [-0.2, 0) is 13.1 Å². The van der Waals surface area contributed by atoms with Crippen LogP contribution >= 0.6 is 0 Å². The number of piperidine rings is 1. The minimum Gasteiger partial charge on any atom is -0.496 e. The second kappa shape index (κ2) is 8.87. The van der Waals surface area contributed by atoms with Crippen LogP contribution in [0.4, 0.5) is 0 Å². The molecule has 6 nitrogen and oxygen atoms in total. The number of benzene rings is 1. The van der Waals surface area contributed by atoms with Gasteiger partial charge >= 0.3 is 0 Å². The topological polar surface area (TPSA) is 70.8 Å². The number of aliphatic hydroxyl groups excluding tert-OH is 2. The van der Waals surface area contributed by atoms with Crippen LogP contribution < -0.4 is 4.74 Å². The van der Waals surface area contributed by atoms with Crippen LogP contribution in [0.3, 0.4) is 0 Å². The molecule has 1 fully saturated rings. The molecule has 1 aliphatic rings. The summed E-state index contributed by atoms with van der Waals surface area (Å²) in [5.74, 6) is 0.860. The molecule has 0 amide bonds. The molecule has 0 bridgehead atoms. The van der Waals surface area contributed by atoms with Crippen molar-refractivity contribution in [3.8, 4) is 5.75 Å². The highest BCUT2D eigenvalue weighted by Gasteiger charge is 2.41. The minimum atomic E-state index is -0.426. The van der Waals surface area contributed by atoms with Crippen molar-refractivity contribution in [2.75, 3.05) is 26.8 Å². The average Bonchev–Trinajstić information content (AvgIpc) is 3.18. The van der Waals surface area contributed by atoms with Crippen molar-refractivity contribution in [2.24, 2.45) is 5.41 Å². The van der Waals surface area contributed by atoms with Crippen LogP contribution in [0, 0.1) is 5.41 Å². The van der Waals surface area contributed by atoms with E-state index in [9.17, 15) is 10.2 Å². The van der Waals surface area contributed by atoms with E-state index < -0.39 is 11.5 Å².